The van der Waals surface area contributed by atoms with Crippen molar-refractivity contribution in [3.63, 3.8) is 0 Å². The van der Waals surface area contributed by atoms with Gasteiger partial charge in [0.25, 0.3) is 0 Å². The van der Waals surface area contributed by atoms with E-state index in [9.17, 15) is 4.79 Å². The number of amides is 1. The molecule has 9 heavy (non-hydrogen) atoms. The number of carbonyl (C=O) groups excluding carboxylic acids is 1. The molecule has 0 aliphatic carbocycles. The standard InChI is InChI=1S/C5H12N2O2/c1-3(4(2)6)5(8)7-9/h3-4,9H,6H2,1-2H3,(H,7,8)/t3-,4+/m0/s1. The first-order valence-electron chi connectivity index (χ1n) is 2.79. The van der Waals surface area contributed by atoms with Crippen LogP contribution in [0.4, 0.5) is 0 Å². The van der Waals surface area contributed by atoms with E-state index in [4.69, 9.17) is 10.9 Å². The molecule has 0 aromatic carbocycles. The van der Waals surface area contributed by atoms with Gasteiger partial charge in [0.15, 0.2) is 0 Å². The second kappa shape index (κ2) is 3.42. The fraction of sp³-hybridized carbons (Fsp3) is 0.800. The van der Waals surface area contributed by atoms with E-state index in [1.807, 2.05) is 0 Å². The summed E-state index contributed by atoms with van der Waals surface area (Å²) in [5, 5.41) is 8.10. The number of hydroxylamine groups is 1. The van der Waals surface area contributed by atoms with Gasteiger partial charge in [0, 0.05) is 6.04 Å². The van der Waals surface area contributed by atoms with Crippen LogP contribution in [0.15, 0.2) is 0 Å². The summed E-state index contributed by atoms with van der Waals surface area (Å²) in [6.07, 6.45) is 0. The molecular weight excluding hydrogens is 120 g/mol. The number of nitrogens with two attached hydrogens (primary N) is 1. The highest BCUT2D eigenvalue weighted by molar-refractivity contribution is 5.77. The molecule has 0 fully saturated rings. The van der Waals surface area contributed by atoms with Gasteiger partial charge in [-0.15, -0.1) is 0 Å². The van der Waals surface area contributed by atoms with Crippen LogP contribution in [0.3, 0.4) is 0 Å². The molecule has 0 rings (SSSR count). The van der Waals surface area contributed by atoms with Crippen LogP contribution >= 0.6 is 0 Å². The number of rotatable bonds is 2. The molecule has 54 valence electrons. The van der Waals surface area contributed by atoms with E-state index in [-0.39, 0.29) is 12.0 Å². The third kappa shape index (κ3) is 2.43. The third-order valence-corrected chi connectivity index (χ3v) is 1.31. The molecule has 0 aliphatic rings. The fourth-order valence-electron chi connectivity index (χ4n) is 0.341. The second-order valence-corrected chi connectivity index (χ2v) is 2.12. The third-order valence-electron chi connectivity index (χ3n) is 1.31. The lowest BCUT2D eigenvalue weighted by molar-refractivity contribution is -0.133. The van der Waals surface area contributed by atoms with Crippen LogP contribution in [0, 0.1) is 5.92 Å². The van der Waals surface area contributed by atoms with Crippen LogP contribution in [-0.2, 0) is 4.79 Å². The van der Waals surface area contributed by atoms with E-state index < -0.39 is 5.91 Å². The summed E-state index contributed by atoms with van der Waals surface area (Å²) in [7, 11) is 0. The Morgan fingerprint density at radius 3 is 2.22 bits per heavy atom. The minimum atomic E-state index is -0.440. The SMILES string of the molecule is C[C@H](C(=O)NO)[C@@H](C)N. The Bertz CT molecular complexity index is 103. The van der Waals surface area contributed by atoms with E-state index in [0.717, 1.165) is 0 Å². The van der Waals surface area contributed by atoms with Crippen LogP contribution in [0.1, 0.15) is 13.8 Å². The predicted octanol–water partition coefficient (Wildman–Crippen LogP) is -0.525. The molecule has 0 saturated carbocycles. The van der Waals surface area contributed by atoms with E-state index in [1.165, 1.54) is 5.48 Å². The topological polar surface area (TPSA) is 75.3 Å². The van der Waals surface area contributed by atoms with E-state index in [2.05, 4.69) is 0 Å². The van der Waals surface area contributed by atoms with Crippen LogP contribution < -0.4 is 11.2 Å². The first-order chi connectivity index (χ1) is 4.09. The molecule has 4 heteroatoms. The molecule has 4 nitrogen and oxygen atoms in total. The molecule has 0 radical (unpaired) electrons. The van der Waals surface area contributed by atoms with Crippen molar-refractivity contribution < 1.29 is 10.0 Å². The van der Waals surface area contributed by atoms with Crippen molar-refractivity contribution in [2.24, 2.45) is 11.7 Å². The lowest BCUT2D eigenvalue weighted by Crippen LogP contribution is -2.37. The van der Waals surface area contributed by atoms with Crippen LogP contribution in [0.2, 0.25) is 0 Å². The zero-order chi connectivity index (χ0) is 7.44. The molecule has 0 unspecified atom stereocenters. The van der Waals surface area contributed by atoms with Crippen molar-refractivity contribution in [2.45, 2.75) is 19.9 Å². The molecule has 0 saturated heterocycles. The number of hydrogen-bond donors (Lipinski definition) is 3. The summed E-state index contributed by atoms with van der Waals surface area (Å²) >= 11 is 0. The monoisotopic (exact) mass is 132 g/mol. The maximum atomic E-state index is 10.5. The molecule has 0 aromatic heterocycles. The highest BCUT2D eigenvalue weighted by Gasteiger charge is 2.15. The van der Waals surface area contributed by atoms with Gasteiger partial charge in [-0.25, -0.2) is 5.48 Å². The maximum absolute atomic E-state index is 10.5. The first kappa shape index (κ1) is 8.39. The summed E-state index contributed by atoms with van der Waals surface area (Å²) in [5.74, 6) is -0.778. The van der Waals surface area contributed by atoms with Crippen molar-refractivity contribution >= 4 is 5.91 Å². The summed E-state index contributed by atoms with van der Waals surface area (Å²) in [6, 6.07) is -0.225. The van der Waals surface area contributed by atoms with Crippen molar-refractivity contribution in [1.29, 1.82) is 0 Å². The molecular formula is C5H12N2O2. The minimum absolute atomic E-state index is 0.225. The Balaban J connectivity index is 3.72. The zero-order valence-corrected chi connectivity index (χ0v) is 5.59. The Kier molecular flexibility index (Phi) is 3.19. The van der Waals surface area contributed by atoms with Crippen LogP contribution in [0.25, 0.3) is 0 Å². The smallest absolute Gasteiger partial charge is 0.247 e. The van der Waals surface area contributed by atoms with Gasteiger partial charge >= 0.3 is 0 Å². The Hall–Kier alpha value is -0.610. The van der Waals surface area contributed by atoms with Crippen molar-refractivity contribution in [2.75, 3.05) is 0 Å². The predicted molar refractivity (Wildman–Crippen MR) is 32.7 cm³/mol. The van der Waals surface area contributed by atoms with Gasteiger partial charge in [-0.3, -0.25) is 10.0 Å². The molecule has 0 aromatic rings. The summed E-state index contributed by atoms with van der Waals surface area (Å²) in [4.78, 5) is 10.5. The van der Waals surface area contributed by atoms with E-state index in [1.54, 1.807) is 13.8 Å². The number of nitrogens with one attached hydrogen (secondary N) is 1. The van der Waals surface area contributed by atoms with Gasteiger partial charge < -0.3 is 5.73 Å². The molecule has 0 bridgehead atoms. The molecule has 0 heterocycles. The quantitative estimate of drug-likeness (QED) is 0.349. The van der Waals surface area contributed by atoms with Crippen molar-refractivity contribution in [3.05, 3.63) is 0 Å². The molecule has 1 amide bonds. The molecule has 0 aliphatic heterocycles. The van der Waals surface area contributed by atoms with Gasteiger partial charge in [-0.1, -0.05) is 6.92 Å². The lowest BCUT2D eigenvalue weighted by atomic mass is 10.0. The number of hydrogen-bond acceptors (Lipinski definition) is 3. The summed E-state index contributed by atoms with van der Waals surface area (Å²) < 4.78 is 0. The largest absolute Gasteiger partial charge is 0.327 e. The van der Waals surface area contributed by atoms with E-state index in [0.29, 0.717) is 0 Å². The van der Waals surface area contributed by atoms with Crippen molar-refractivity contribution in [1.82, 2.24) is 5.48 Å². The average Bonchev–Trinajstić information content (AvgIpc) is 1.84. The highest BCUT2D eigenvalue weighted by Crippen LogP contribution is 1.97. The normalized spacial score (nSPS) is 16.4. The first-order valence-corrected chi connectivity index (χ1v) is 2.79. The fourth-order valence-corrected chi connectivity index (χ4v) is 0.341. The highest BCUT2D eigenvalue weighted by atomic mass is 16.5. The van der Waals surface area contributed by atoms with Crippen LogP contribution in [-0.4, -0.2) is 17.2 Å². The van der Waals surface area contributed by atoms with Gasteiger partial charge in [0.05, 0.1) is 5.92 Å². The number of carbonyl (C=O) groups is 1. The van der Waals surface area contributed by atoms with Gasteiger partial charge in [0.2, 0.25) is 5.91 Å². The molecule has 0 spiro atoms. The summed E-state index contributed by atoms with van der Waals surface area (Å²) in [5.41, 5.74) is 6.87. The molecule has 2 atom stereocenters. The van der Waals surface area contributed by atoms with E-state index >= 15 is 0 Å². The maximum Gasteiger partial charge on any atom is 0.247 e. The Morgan fingerprint density at radius 2 is 2.11 bits per heavy atom. The van der Waals surface area contributed by atoms with Gasteiger partial charge in [-0.05, 0) is 6.92 Å². The lowest BCUT2D eigenvalue weighted by Gasteiger charge is -2.11. The van der Waals surface area contributed by atoms with Gasteiger partial charge in [0.1, 0.15) is 0 Å². The van der Waals surface area contributed by atoms with Gasteiger partial charge in [-0.2, -0.15) is 0 Å². The average molecular weight is 132 g/mol. The Morgan fingerprint density at radius 1 is 1.67 bits per heavy atom. The summed E-state index contributed by atoms with van der Waals surface area (Å²) in [6.45, 7) is 3.36. The minimum Gasteiger partial charge on any atom is -0.327 e. The zero-order valence-electron chi connectivity index (χ0n) is 5.59. The Labute approximate surface area is 54.0 Å². The second-order valence-electron chi connectivity index (χ2n) is 2.12. The van der Waals surface area contributed by atoms with Crippen LogP contribution in [0.5, 0.6) is 0 Å². The van der Waals surface area contributed by atoms with Crippen molar-refractivity contribution in [3.8, 4) is 0 Å². The molecule has 4 N–H and O–H groups in total.